The lowest BCUT2D eigenvalue weighted by molar-refractivity contribution is -0.229. The van der Waals surface area contributed by atoms with Crippen molar-refractivity contribution < 1.29 is 85.8 Å². The molecular weight excluding hydrogens is 612 g/mol. The van der Waals surface area contributed by atoms with Crippen molar-refractivity contribution in [1.82, 2.24) is 0 Å². The number of carbonyl (C=O) groups excluding carboxylic acids is 9. The molecule has 6 atom stereocenters. The first-order valence-electron chi connectivity index (χ1n) is 13.2. The van der Waals surface area contributed by atoms with Crippen molar-refractivity contribution in [3.05, 3.63) is 0 Å². The van der Waals surface area contributed by atoms with Crippen LogP contribution in [0, 0.1) is 0 Å². The van der Waals surface area contributed by atoms with Crippen LogP contribution in [0.4, 0.5) is 0 Å². The number of esters is 9. The Labute approximate surface area is 258 Å². The molecule has 0 saturated carbocycles. The number of hydrogen-bond donors (Lipinski definition) is 0. The van der Waals surface area contributed by atoms with E-state index >= 15 is 0 Å². The van der Waals surface area contributed by atoms with E-state index in [0.717, 1.165) is 62.3 Å². The van der Waals surface area contributed by atoms with Crippen molar-refractivity contribution in [3.8, 4) is 0 Å². The minimum atomic E-state index is -2.12. The van der Waals surface area contributed by atoms with Crippen molar-refractivity contribution in [2.75, 3.05) is 13.2 Å². The van der Waals surface area contributed by atoms with Crippen LogP contribution in [0.15, 0.2) is 0 Å². The van der Waals surface area contributed by atoms with Crippen LogP contribution in [-0.2, 0) is 85.8 Å². The Morgan fingerprint density at radius 2 is 0.511 bits per heavy atom. The fourth-order valence-corrected chi connectivity index (χ4v) is 3.85. The quantitative estimate of drug-likeness (QED) is 0.144. The topological polar surface area (TPSA) is 237 Å². The zero-order chi connectivity index (χ0) is 35.0. The van der Waals surface area contributed by atoms with Crippen molar-refractivity contribution in [1.29, 1.82) is 0 Å². The predicted octanol–water partition coefficient (Wildman–Crippen LogP) is -0.365. The second-order valence-electron chi connectivity index (χ2n) is 9.27. The SMILES string of the molecule is CC(=O)OCC(OC(C)=O)C(OC(C)=O)C(OC(C)=O)C(OC(C)=O)C(OC(C)=O)C(OC(C)=O)C(COC(C)=O)OC(C)=O. The molecule has 0 saturated heterocycles. The first-order valence-corrected chi connectivity index (χ1v) is 13.2. The zero-order valence-corrected chi connectivity index (χ0v) is 26.3. The highest BCUT2D eigenvalue weighted by Gasteiger charge is 2.53. The predicted molar refractivity (Wildman–Crippen MR) is 142 cm³/mol. The molecule has 0 spiro atoms. The Morgan fingerprint density at radius 3 is 0.711 bits per heavy atom. The summed E-state index contributed by atoms with van der Waals surface area (Å²) < 4.78 is 47.0. The average molecular weight is 651 g/mol. The molecule has 0 aliphatic heterocycles. The third-order valence-corrected chi connectivity index (χ3v) is 5.07. The minimum absolute atomic E-state index is 0.786. The number of carbonyl (C=O) groups is 9. The first-order chi connectivity index (χ1) is 20.7. The van der Waals surface area contributed by atoms with Crippen LogP contribution in [0.25, 0.3) is 0 Å². The summed E-state index contributed by atoms with van der Waals surface area (Å²) in [5, 5.41) is 0. The summed E-state index contributed by atoms with van der Waals surface area (Å²) in [7, 11) is 0. The molecule has 0 rings (SSSR count). The smallest absolute Gasteiger partial charge is 0.303 e. The summed E-state index contributed by atoms with van der Waals surface area (Å²) in [4.78, 5) is 109. The highest BCUT2D eigenvalue weighted by Crippen LogP contribution is 2.28. The maximum atomic E-state index is 12.4. The van der Waals surface area contributed by atoms with Crippen LogP contribution in [0.5, 0.6) is 0 Å². The Bertz CT molecular complexity index is 1040. The molecule has 0 N–H and O–H groups in total. The Kier molecular flexibility index (Phi) is 17.4. The summed E-state index contributed by atoms with van der Waals surface area (Å²) in [5.41, 5.74) is 0. The molecule has 0 aliphatic rings. The summed E-state index contributed by atoms with van der Waals surface area (Å²) in [6.45, 7) is 6.84. The van der Waals surface area contributed by atoms with Gasteiger partial charge in [0.2, 0.25) is 0 Å². The fraction of sp³-hybridized carbons (Fsp3) is 0.667. The van der Waals surface area contributed by atoms with Gasteiger partial charge in [-0.2, -0.15) is 0 Å². The summed E-state index contributed by atoms with van der Waals surface area (Å²) >= 11 is 0. The Morgan fingerprint density at radius 1 is 0.311 bits per heavy atom. The lowest BCUT2D eigenvalue weighted by Crippen LogP contribution is -2.61. The van der Waals surface area contributed by atoms with Crippen molar-refractivity contribution in [2.45, 2.75) is 105 Å². The molecule has 0 fully saturated rings. The van der Waals surface area contributed by atoms with Gasteiger partial charge >= 0.3 is 53.7 Å². The molecule has 18 nitrogen and oxygen atoms in total. The van der Waals surface area contributed by atoms with Crippen LogP contribution in [0.1, 0.15) is 62.3 Å². The summed E-state index contributed by atoms with van der Waals surface area (Å²) in [5.74, 6) is -9.16. The number of ether oxygens (including phenoxy) is 9. The number of hydrogen-bond acceptors (Lipinski definition) is 18. The molecule has 0 amide bonds. The molecule has 18 heteroatoms. The minimum Gasteiger partial charge on any atom is -0.462 e. The molecular formula is C27H38O18. The van der Waals surface area contributed by atoms with Crippen LogP contribution >= 0.6 is 0 Å². The fourth-order valence-electron chi connectivity index (χ4n) is 3.85. The number of rotatable bonds is 17. The second-order valence-corrected chi connectivity index (χ2v) is 9.27. The third-order valence-electron chi connectivity index (χ3n) is 5.07. The van der Waals surface area contributed by atoms with E-state index in [4.69, 9.17) is 42.6 Å². The van der Waals surface area contributed by atoms with Crippen molar-refractivity contribution in [3.63, 3.8) is 0 Å². The lowest BCUT2D eigenvalue weighted by Gasteiger charge is -2.40. The maximum absolute atomic E-state index is 12.4. The average Bonchev–Trinajstić information content (AvgIpc) is 2.86. The molecule has 0 aromatic heterocycles. The molecule has 0 radical (unpaired) electrons. The lowest BCUT2D eigenvalue weighted by atomic mass is 9.93. The van der Waals surface area contributed by atoms with Gasteiger partial charge in [-0.25, -0.2) is 0 Å². The third kappa shape index (κ3) is 16.6. The van der Waals surface area contributed by atoms with Crippen LogP contribution in [0.2, 0.25) is 0 Å². The van der Waals surface area contributed by atoms with Gasteiger partial charge in [0.1, 0.15) is 13.2 Å². The molecule has 0 heterocycles. The standard InChI is InChI=1S/C27H38O18/c1-12(28)37-10-21(39-14(3)30)23(41-16(5)32)25(43-18(7)34)27(45-20(9)36)26(44-19(8)35)24(42-17(6)33)22(40-15(4)31)11-38-13(2)29/h21-27H,10-11H2,1-9H3. The van der Waals surface area contributed by atoms with E-state index in [-0.39, 0.29) is 0 Å². The van der Waals surface area contributed by atoms with E-state index in [2.05, 4.69) is 0 Å². The summed E-state index contributed by atoms with van der Waals surface area (Å²) in [6, 6.07) is 0. The van der Waals surface area contributed by atoms with E-state index in [9.17, 15) is 43.2 Å². The van der Waals surface area contributed by atoms with Crippen LogP contribution in [-0.4, -0.2) is 110 Å². The first kappa shape index (κ1) is 40.2. The highest BCUT2D eigenvalue weighted by molar-refractivity contribution is 5.71. The van der Waals surface area contributed by atoms with Gasteiger partial charge in [-0.1, -0.05) is 0 Å². The van der Waals surface area contributed by atoms with Gasteiger partial charge in [0, 0.05) is 62.3 Å². The molecule has 0 bridgehead atoms. The molecule has 0 aromatic carbocycles. The second kappa shape index (κ2) is 19.5. The maximum Gasteiger partial charge on any atom is 0.303 e. The molecule has 45 heavy (non-hydrogen) atoms. The van der Waals surface area contributed by atoms with E-state index in [1.54, 1.807) is 0 Å². The van der Waals surface area contributed by atoms with E-state index in [1.165, 1.54) is 0 Å². The zero-order valence-electron chi connectivity index (χ0n) is 26.3. The van der Waals surface area contributed by atoms with E-state index in [1.807, 2.05) is 0 Å². The Balaban J connectivity index is 7.68. The monoisotopic (exact) mass is 650 g/mol. The summed E-state index contributed by atoms with van der Waals surface area (Å²) in [6.07, 6.45) is -13.7. The van der Waals surface area contributed by atoms with E-state index < -0.39 is 110 Å². The van der Waals surface area contributed by atoms with Crippen molar-refractivity contribution >= 4 is 53.7 Å². The molecule has 0 aromatic rings. The van der Waals surface area contributed by atoms with Crippen LogP contribution in [0.3, 0.4) is 0 Å². The van der Waals surface area contributed by atoms with Crippen molar-refractivity contribution in [2.24, 2.45) is 0 Å². The van der Waals surface area contributed by atoms with Gasteiger partial charge < -0.3 is 42.6 Å². The van der Waals surface area contributed by atoms with E-state index in [0.29, 0.717) is 0 Å². The molecule has 0 aliphatic carbocycles. The van der Waals surface area contributed by atoms with Gasteiger partial charge in [0.15, 0.2) is 42.7 Å². The van der Waals surface area contributed by atoms with Gasteiger partial charge in [0.25, 0.3) is 0 Å². The molecule has 6 unspecified atom stereocenters. The van der Waals surface area contributed by atoms with Gasteiger partial charge in [-0.3, -0.25) is 43.2 Å². The van der Waals surface area contributed by atoms with Gasteiger partial charge in [-0.05, 0) is 0 Å². The normalized spacial score (nSPS) is 15.1. The van der Waals surface area contributed by atoms with Gasteiger partial charge in [0.05, 0.1) is 0 Å². The van der Waals surface area contributed by atoms with Gasteiger partial charge in [-0.15, -0.1) is 0 Å². The largest absolute Gasteiger partial charge is 0.462 e. The molecule has 254 valence electrons. The Hall–Kier alpha value is -4.77. The van der Waals surface area contributed by atoms with Crippen LogP contribution < -0.4 is 0 Å². The highest BCUT2D eigenvalue weighted by atomic mass is 16.7.